The predicted octanol–water partition coefficient (Wildman–Crippen LogP) is 1.62. The summed E-state index contributed by atoms with van der Waals surface area (Å²) in [5, 5.41) is 2.60. The van der Waals surface area contributed by atoms with Crippen LogP contribution < -0.4 is 5.32 Å². The van der Waals surface area contributed by atoms with Crippen molar-refractivity contribution in [1.29, 1.82) is 0 Å². The van der Waals surface area contributed by atoms with Gasteiger partial charge in [0, 0.05) is 6.42 Å². The fourth-order valence-corrected chi connectivity index (χ4v) is 2.16. The number of hydrogen-bond acceptors (Lipinski definition) is 5. The van der Waals surface area contributed by atoms with Crippen LogP contribution in [0, 0.1) is 0 Å². The summed E-state index contributed by atoms with van der Waals surface area (Å²) in [6.45, 7) is 5.35. The maximum Gasteiger partial charge on any atom is 0.331 e. The SMILES string of the molecule is CCOC(=O)CC(=O)N[C@](C)(Cc1ccccc1)C(=O)OCC. The first-order chi connectivity index (χ1) is 10.9. The molecule has 0 aliphatic rings. The number of nitrogens with one attached hydrogen (secondary N) is 1. The summed E-state index contributed by atoms with van der Waals surface area (Å²) in [4.78, 5) is 35.7. The van der Waals surface area contributed by atoms with E-state index in [0.717, 1.165) is 5.56 Å². The minimum Gasteiger partial charge on any atom is -0.466 e. The molecule has 0 fully saturated rings. The monoisotopic (exact) mass is 321 g/mol. The van der Waals surface area contributed by atoms with Gasteiger partial charge >= 0.3 is 11.9 Å². The normalized spacial score (nSPS) is 12.8. The third kappa shape index (κ3) is 6.10. The Morgan fingerprint density at radius 3 is 2.22 bits per heavy atom. The number of rotatable bonds is 8. The number of carbonyl (C=O) groups excluding carboxylic acids is 3. The molecule has 0 aliphatic heterocycles. The Labute approximate surface area is 136 Å². The molecule has 0 aliphatic carbocycles. The zero-order valence-corrected chi connectivity index (χ0v) is 13.8. The third-order valence-electron chi connectivity index (χ3n) is 3.15. The highest BCUT2D eigenvalue weighted by atomic mass is 16.5. The highest BCUT2D eigenvalue weighted by molar-refractivity contribution is 5.97. The topological polar surface area (TPSA) is 81.7 Å². The molecule has 0 unspecified atom stereocenters. The molecule has 6 nitrogen and oxygen atoms in total. The standard InChI is InChI=1S/C17H23NO5/c1-4-22-15(20)11-14(19)18-17(3,16(21)23-5-2)12-13-9-7-6-8-10-13/h6-10H,4-5,11-12H2,1-3H3,(H,18,19)/t17-/m1/s1. The summed E-state index contributed by atoms with van der Waals surface area (Å²) in [6, 6.07) is 9.27. The number of esters is 2. The smallest absolute Gasteiger partial charge is 0.331 e. The molecule has 1 rings (SSSR count). The van der Waals surface area contributed by atoms with Crippen molar-refractivity contribution in [2.75, 3.05) is 13.2 Å². The average molecular weight is 321 g/mol. The van der Waals surface area contributed by atoms with Gasteiger partial charge in [0.15, 0.2) is 0 Å². The van der Waals surface area contributed by atoms with Gasteiger partial charge in [0.2, 0.25) is 5.91 Å². The summed E-state index contributed by atoms with van der Waals surface area (Å²) < 4.78 is 9.80. The Bertz CT molecular complexity index is 543. The second-order valence-corrected chi connectivity index (χ2v) is 5.24. The van der Waals surface area contributed by atoms with Crippen LogP contribution in [0.15, 0.2) is 30.3 Å². The van der Waals surface area contributed by atoms with Crippen LogP contribution >= 0.6 is 0 Å². The largest absolute Gasteiger partial charge is 0.466 e. The second-order valence-electron chi connectivity index (χ2n) is 5.24. The lowest BCUT2D eigenvalue weighted by molar-refractivity contribution is -0.154. The highest BCUT2D eigenvalue weighted by Gasteiger charge is 2.37. The van der Waals surface area contributed by atoms with Gasteiger partial charge in [0.1, 0.15) is 12.0 Å². The van der Waals surface area contributed by atoms with Crippen molar-refractivity contribution in [3.8, 4) is 0 Å². The minimum atomic E-state index is -1.25. The molecule has 0 bridgehead atoms. The first-order valence-corrected chi connectivity index (χ1v) is 7.59. The molecule has 0 saturated carbocycles. The lowest BCUT2D eigenvalue weighted by atomic mass is 9.92. The van der Waals surface area contributed by atoms with Crippen LogP contribution in [0.1, 0.15) is 32.8 Å². The molecule has 0 aromatic heterocycles. The lowest BCUT2D eigenvalue weighted by Gasteiger charge is -2.28. The summed E-state index contributed by atoms with van der Waals surface area (Å²) in [5.41, 5.74) is -0.375. The van der Waals surface area contributed by atoms with Gasteiger partial charge in [-0.1, -0.05) is 30.3 Å². The van der Waals surface area contributed by atoms with E-state index < -0.39 is 29.8 Å². The maximum absolute atomic E-state index is 12.3. The fraction of sp³-hybridized carbons (Fsp3) is 0.471. The van der Waals surface area contributed by atoms with Gasteiger partial charge in [-0.05, 0) is 26.3 Å². The van der Waals surface area contributed by atoms with E-state index in [2.05, 4.69) is 5.32 Å². The minimum absolute atomic E-state index is 0.200. The number of carbonyl (C=O) groups is 3. The summed E-state index contributed by atoms with van der Waals surface area (Å²) in [6.07, 6.45) is -0.168. The van der Waals surface area contributed by atoms with Crippen LogP contribution in [-0.4, -0.2) is 36.6 Å². The molecule has 1 N–H and O–H groups in total. The molecular weight excluding hydrogens is 298 g/mol. The second kappa shape index (κ2) is 8.92. The van der Waals surface area contributed by atoms with E-state index in [1.165, 1.54) is 0 Å². The van der Waals surface area contributed by atoms with Gasteiger partial charge in [-0.2, -0.15) is 0 Å². The Kier molecular flexibility index (Phi) is 7.25. The Morgan fingerprint density at radius 1 is 1.04 bits per heavy atom. The summed E-state index contributed by atoms with van der Waals surface area (Å²) >= 11 is 0. The third-order valence-corrected chi connectivity index (χ3v) is 3.15. The molecule has 6 heteroatoms. The highest BCUT2D eigenvalue weighted by Crippen LogP contribution is 2.16. The average Bonchev–Trinajstić information content (AvgIpc) is 2.48. The van der Waals surface area contributed by atoms with E-state index >= 15 is 0 Å². The molecular formula is C17H23NO5. The van der Waals surface area contributed by atoms with Crippen molar-refractivity contribution < 1.29 is 23.9 Å². The molecule has 0 heterocycles. The van der Waals surface area contributed by atoms with Gasteiger partial charge in [-0.25, -0.2) is 4.79 Å². The number of hydrogen-bond donors (Lipinski definition) is 1. The number of benzene rings is 1. The van der Waals surface area contributed by atoms with Crippen LogP contribution in [0.5, 0.6) is 0 Å². The van der Waals surface area contributed by atoms with Crippen LogP contribution in [0.2, 0.25) is 0 Å². The van der Waals surface area contributed by atoms with Crippen LogP contribution in [-0.2, 0) is 30.3 Å². The molecule has 1 aromatic rings. The van der Waals surface area contributed by atoms with Gasteiger partial charge < -0.3 is 14.8 Å². The van der Waals surface area contributed by atoms with Crippen molar-refractivity contribution in [2.45, 2.75) is 39.2 Å². The van der Waals surface area contributed by atoms with Gasteiger partial charge in [-0.3, -0.25) is 9.59 Å². The first-order valence-electron chi connectivity index (χ1n) is 7.59. The van der Waals surface area contributed by atoms with Crippen molar-refractivity contribution in [3.05, 3.63) is 35.9 Å². The molecule has 0 saturated heterocycles. The molecule has 126 valence electrons. The van der Waals surface area contributed by atoms with Crippen molar-refractivity contribution in [3.63, 3.8) is 0 Å². The molecule has 1 atom stereocenters. The molecule has 0 spiro atoms. The fourth-order valence-electron chi connectivity index (χ4n) is 2.16. The quantitative estimate of drug-likeness (QED) is 0.581. The van der Waals surface area contributed by atoms with E-state index in [1.54, 1.807) is 20.8 Å². The lowest BCUT2D eigenvalue weighted by Crippen LogP contribution is -2.55. The Hall–Kier alpha value is -2.37. The molecule has 1 amide bonds. The maximum atomic E-state index is 12.3. The molecule has 1 aromatic carbocycles. The van der Waals surface area contributed by atoms with E-state index in [-0.39, 0.29) is 19.6 Å². The van der Waals surface area contributed by atoms with Gasteiger partial charge in [0.05, 0.1) is 13.2 Å². The van der Waals surface area contributed by atoms with Gasteiger partial charge in [-0.15, -0.1) is 0 Å². The van der Waals surface area contributed by atoms with Crippen LogP contribution in [0.4, 0.5) is 0 Å². The zero-order chi connectivity index (χ0) is 17.3. The van der Waals surface area contributed by atoms with E-state index in [0.29, 0.717) is 0 Å². The van der Waals surface area contributed by atoms with Crippen molar-refractivity contribution in [2.24, 2.45) is 0 Å². The zero-order valence-electron chi connectivity index (χ0n) is 13.8. The van der Waals surface area contributed by atoms with E-state index in [9.17, 15) is 14.4 Å². The molecule has 0 radical (unpaired) electrons. The van der Waals surface area contributed by atoms with E-state index in [4.69, 9.17) is 9.47 Å². The Balaban J connectivity index is 2.85. The van der Waals surface area contributed by atoms with Crippen molar-refractivity contribution in [1.82, 2.24) is 5.32 Å². The van der Waals surface area contributed by atoms with Crippen molar-refractivity contribution >= 4 is 17.8 Å². The van der Waals surface area contributed by atoms with Crippen LogP contribution in [0.25, 0.3) is 0 Å². The first kappa shape index (κ1) is 18.7. The van der Waals surface area contributed by atoms with E-state index in [1.807, 2.05) is 30.3 Å². The molecule has 23 heavy (non-hydrogen) atoms. The van der Waals surface area contributed by atoms with Gasteiger partial charge in [0.25, 0.3) is 0 Å². The summed E-state index contributed by atoms with van der Waals surface area (Å²) in [7, 11) is 0. The summed E-state index contributed by atoms with van der Waals surface area (Å²) in [5.74, 6) is -1.74. The van der Waals surface area contributed by atoms with Crippen LogP contribution in [0.3, 0.4) is 0 Å². The number of ether oxygens (including phenoxy) is 2. The Morgan fingerprint density at radius 2 is 1.65 bits per heavy atom. The predicted molar refractivity (Wildman–Crippen MR) is 84.6 cm³/mol. The number of amides is 1.